The van der Waals surface area contributed by atoms with Gasteiger partial charge < -0.3 is 0 Å². The second-order valence-corrected chi connectivity index (χ2v) is 5.68. The number of imide groups is 1. The van der Waals surface area contributed by atoms with Gasteiger partial charge in [0, 0.05) is 12.2 Å². The van der Waals surface area contributed by atoms with E-state index in [1.807, 2.05) is 18.2 Å². The molecule has 0 spiro atoms. The molecule has 1 atom stereocenters. The van der Waals surface area contributed by atoms with Crippen LogP contribution in [0, 0.1) is 0 Å². The maximum Gasteiger partial charge on any atom is 0.254 e. The Morgan fingerprint density at radius 1 is 0.864 bits per heavy atom. The molecular formula is C19H15NO2. The monoisotopic (exact) mass is 289 g/mol. The molecule has 3 heteroatoms. The molecule has 0 saturated carbocycles. The van der Waals surface area contributed by atoms with E-state index in [0.29, 0.717) is 0 Å². The highest BCUT2D eigenvalue weighted by molar-refractivity contribution is 6.13. The van der Waals surface area contributed by atoms with Crippen LogP contribution in [0.2, 0.25) is 0 Å². The highest BCUT2D eigenvalue weighted by Gasteiger charge is 2.37. The Morgan fingerprint density at radius 3 is 2.32 bits per heavy atom. The van der Waals surface area contributed by atoms with Crippen LogP contribution in [-0.4, -0.2) is 16.7 Å². The van der Waals surface area contributed by atoms with E-state index < -0.39 is 0 Å². The molecule has 0 fully saturated rings. The first-order valence-corrected chi connectivity index (χ1v) is 7.48. The van der Waals surface area contributed by atoms with E-state index in [1.54, 1.807) is 0 Å². The second-order valence-electron chi connectivity index (χ2n) is 5.68. The maximum atomic E-state index is 12.0. The van der Waals surface area contributed by atoms with E-state index in [0.717, 1.165) is 29.5 Å². The molecule has 2 aromatic carbocycles. The fourth-order valence-electron chi connectivity index (χ4n) is 3.51. The molecule has 0 radical (unpaired) electrons. The summed E-state index contributed by atoms with van der Waals surface area (Å²) in [5, 5.41) is 0. The maximum absolute atomic E-state index is 12.0. The van der Waals surface area contributed by atoms with Crippen LogP contribution in [0.15, 0.2) is 60.7 Å². The molecule has 0 aromatic heterocycles. The minimum absolute atomic E-state index is 0.151. The Kier molecular flexibility index (Phi) is 2.93. The molecule has 0 bridgehead atoms. The molecule has 3 nitrogen and oxygen atoms in total. The largest absolute Gasteiger partial charge is 0.269 e. The number of hydrogen-bond donors (Lipinski definition) is 0. The van der Waals surface area contributed by atoms with Crippen molar-refractivity contribution < 1.29 is 9.59 Å². The van der Waals surface area contributed by atoms with Gasteiger partial charge in [-0.05, 0) is 35.1 Å². The van der Waals surface area contributed by atoms with Crippen molar-refractivity contribution in [3.63, 3.8) is 0 Å². The van der Waals surface area contributed by atoms with Crippen molar-refractivity contribution in [2.75, 3.05) is 0 Å². The average molecular weight is 289 g/mol. The topological polar surface area (TPSA) is 37.4 Å². The molecule has 4 rings (SSSR count). The van der Waals surface area contributed by atoms with Crippen molar-refractivity contribution in [1.29, 1.82) is 0 Å². The van der Waals surface area contributed by atoms with Crippen LogP contribution in [-0.2, 0) is 16.0 Å². The van der Waals surface area contributed by atoms with Gasteiger partial charge in [0.25, 0.3) is 11.8 Å². The summed E-state index contributed by atoms with van der Waals surface area (Å²) in [4.78, 5) is 25.5. The lowest BCUT2D eigenvalue weighted by Gasteiger charge is -2.25. The molecule has 1 heterocycles. The molecule has 0 unspecified atom stereocenters. The minimum atomic E-state index is -0.203. The molecule has 1 aliphatic carbocycles. The van der Waals surface area contributed by atoms with Crippen molar-refractivity contribution in [2.45, 2.75) is 18.9 Å². The lowest BCUT2D eigenvalue weighted by Crippen LogP contribution is -2.33. The molecule has 2 aromatic rings. The third-order valence-electron chi connectivity index (χ3n) is 4.46. The summed E-state index contributed by atoms with van der Waals surface area (Å²) in [5.41, 5.74) is 4.60. The Morgan fingerprint density at radius 2 is 1.59 bits per heavy atom. The van der Waals surface area contributed by atoms with Crippen LogP contribution < -0.4 is 0 Å². The Hall–Kier alpha value is -2.68. The van der Waals surface area contributed by atoms with Crippen molar-refractivity contribution in [2.24, 2.45) is 0 Å². The predicted molar refractivity (Wildman–Crippen MR) is 83.9 cm³/mol. The molecular weight excluding hydrogens is 274 g/mol. The minimum Gasteiger partial charge on any atom is -0.269 e. The summed E-state index contributed by atoms with van der Waals surface area (Å²) in [6.07, 6.45) is 4.44. The van der Waals surface area contributed by atoms with Gasteiger partial charge in [0.15, 0.2) is 0 Å². The summed E-state index contributed by atoms with van der Waals surface area (Å²) in [5.74, 6) is -0.406. The Labute approximate surface area is 128 Å². The third-order valence-corrected chi connectivity index (χ3v) is 4.46. The Bertz CT molecular complexity index is 774. The van der Waals surface area contributed by atoms with Gasteiger partial charge >= 0.3 is 0 Å². The van der Waals surface area contributed by atoms with Gasteiger partial charge in [-0.25, -0.2) is 0 Å². The number of aryl methyl sites for hydroxylation is 1. The lowest BCUT2D eigenvalue weighted by atomic mass is 9.94. The highest BCUT2D eigenvalue weighted by Crippen LogP contribution is 2.42. The average Bonchev–Trinajstić information content (AvgIpc) is 3.11. The van der Waals surface area contributed by atoms with Crippen LogP contribution >= 0.6 is 0 Å². The van der Waals surface area contributed by atoms with Crippen LogP contribution in [0.5, 0.6) is 0 Å². The highest BCUT2D eigenvalue weighted by atomic mass is 16.2. The number of rotatable bonds is 2. The molecule has 1 aliphatic heterocycles. The fraction of sp³-hybridized carbons (Fsp3) is 0.158. The summed E-state index contributed by atoms with van der Waals surface area (Å²) >= 11 is 0. The fourth-order valence-corrected chi connectivity index (χ4v) is 3.51. The molecule has 2 amide bonds. The van der Waals surface area contributed by atoms with Gasteiger partial charge in [0.1, 0.15) is 0 Å². The van der Waals surface area contributed by atoms with Crippen LogP contribution in [0.4, 0.5) is 0 Å². The number of carbonyl (C=O) groups is 2. The summed E-state index contributed by atoms with van der Waals surface area (Å²) in [6.45, 7) is 0. The number of fused-ring (bicyclic) bond motifs is 1. The number of carbonyl (C=O) groups excluding carboxylic acids is 2. The molecule has 2 aliphatic rings. The zero-order valence-corrected chi connectivity index (χ0v) is 12.0. The standard InChI is InChI=1S/C19H15NO2/c21-17-11-12-18(22)20(17)16-10-9-14-7-4-8-15(19(14)16)13-5-2-1-3-6-13/h1-8,11-12,16H,9-10H2/t16-/m0/s1. The quantitative estimate of drug-likeness (QED) is 0.796. The van der Waals surface area contributed by atoms with Gasteiger partial charge in [0.05, 0.1) is 6.04 Å². The van der Waals surface area contributed by atoms with Crippen LogP contribution in [0.3, 0.4) is 0 Å². The first-order valence-electron chi connectivity index (χ1n) is 7.48. The van der Waals surface area contributed by atoms with Crippen LogP contribution in [0.1, 0.15) is 23.6 Å². The zero-order valence-electron chi connectivity index (χ0n) is 12.0. The normalized spacial score (nSPS) is 19.8. The third kappa shape index (κ3) is 1.90. The van der Waals surface area contributed by atoms with Gasteiger partial charge in [-0.15, -0.1) is 0 Å². The predicted octanol–water partition coefficient (Wildman–Crippen LogP) is 3.27. The number of nitrogens with zero attached hydrogens (tertiary/aromatic N) is 1. The van der Waals surface area contributed by atoms with Crippen molar-refractivity contribution in [1.82, 2.24) is 4.90 Å². The summed E-state index contributed by atoms with van der Waals surface area (Å²) in [6, 6.07) is 16.2. The van der Waals surface area contributed by atoms with Gasteiger partial charge in [0.2, 0.25) is 0 Å². The molecule has 0 N–H and O–H groups in total. The first kappa shape index (κ1) is 13.0. The van der Waals surface area contributed by atoms with Crippen molar-refractivity contribution in [3.8, 4) is 11.1 Å². The van der Waals surface area contributed by atoms with Gasteiger partial charge in [-0.1, -0.05) is 48.5 Å². The molecule has 108 valence electrons. The first-order chi connectivity index (χ1) is 10.8. The molecule has 0 saturated heterocycles. The summed E-state index contributed by atoms with van der Waals surface area (Å²) < 4.78 is 0. The van der Waals surface area contributed by atoms with E-state index in [-0.39, 0.29) is 17.9 Å². The lowest BCUT2D eigenvalue weighted by molar-refractivity contribution is -0.139. The van der Waals surface area contributed by atoms with E-state index in [2.05, 4.69) is 30.3 Å². The van der Waals surface area contributed by atoms with Crippen LogP contribution in [0.25, 0.3) is 11.1 Å². The second kappa shape index (κ2) is 4.95. The molecule has 22 heavy (non-hydrogen) atoms. The van der Waals surface area contributed by atoms with E-state index >= 15 is 0 Å². The van der Waals surface area contributed by atoms with Crippen molar-refractivity contribution in [3.05, 3.63) is 71.8 Å². The SMILES string of the molecule is O=C1C=CC(=O)N1[C@H]1CCc2cccc(-c3ccccc3)c21. The Balaban J connectivity index is 1.84. The number of amides is 2. The smallest absolute Gasteiger partial charge is 0.254 e. The van der Waals surface area contributed by atoms with E-state index in [1.165, 1.54) is 22.6 Å². The zero-order chi connectivity index (χ0) is 15.1. The van der Waals surface area contributed by atoms with Gasteiger partial charge in [-0.3, -0.25) is 14.5 Å². The van der Waals surface area contributed by atoms with Crippen molar-refractivity contribution >= 4 is 11.8 Å². The van der Waals surface area contributed by atoms with E-state index in [9.17, 15) is 9.59 Å². The summed E-state index contributed by atoms with van der Waals surface area (Å²) in [7, 11) is 0. The van der Waals surface area contributed by atoms with Gasteiger partial charge in [-0.2, -0.15) is 0 Å². The number of hydrogen-bond acceptors (Lipinski definition) is 2. The van der Waals surface area contributed by atoms with E-state index in [4.69, 9.17) is 0 Å². The number of benzene rings is 2.